The van der Waals surface area contributed by atoms with Crippen LogP contribution in [0.15, 0.2) is 24.3 Å². The molecular formula is C10H12NS+. The first-order chi connectivity index (χ1) is 5.83. The van der Waals surface area contributed by atoms with Gasteiger partial charge in [0.05, 0.1) is 5.39 Å². The van der Waals surface area contributed by atoms with E-state index in [1.165, 1.54) is 15.8 Å². The van der Waals surface area contributed by atoms with Gasteiger partial charge in [0.2, 0.25) is 5.69 Å². The van der Waals surface area contributed by atoms with Crippen LogP contribution < -0.4 is 3.96 Å². The summed E-state index contributed by atoms with van der Waals surface area (Å²) in [5, 5.41) is 1.39. The quantitative estimate of drug-likeness (QED) is 0.591. The molecule has 2 rings (SSSR count). The molecule has 12 heavy (non-hydrogen) atoms. The minimum Gasteiger partial charge on any atom is -0.138 e. The summed E-state index contributed by atoms with van der Waals surface area (Å²) in [6.45, 7) is 5.44. The van der Waals surface area contributed by atoms with Gasteiger partial charge in [0.1, 0.15) is 16.2 Å². The van der Waals surface area contributed by atoms with Crippen molar-refractivity contribution in [2.24, 2.45) is 0 Å². The number of aromatic nitrogens is 1. The van der Waals surface area contributed by atoms with Crippen molar-refractivity contribution in [3.8, 4) is 0 Å². The Morgan fingerprint density at radius 2 is 2.08 bits per heavy atom. The van der Waals surface area contributed by atoms with Crippen LogP contribution in [0, 0.1) is 6.92 Å². The molecule has 1 aromatic heterocycles. The van der Waals surface area contributed by atoms with Crippen molar-refractivity contribution < 1.29 is 3.96 Å². The molecule has 1 aromatic carbocycles. The standard InChI is InChI=1S/C10H12NS/c1-3-11-8(2)9-6-4-5-7-10(9)12-11/h4-7H,3H2,1-2H3/q+1. The van der Waals surface area contributed by atoms with E-state index in [0.29, 0.717) is 0 Å². The summed E-state index contributed by atoms with van der Waals surface area (Å²) < 4.78 is 3.71. The van der Waals surface area contributed by atoms with Gasteiger partial charge in [-0.3, -0.25) is 0 Å². The van der Waals surface area contributed by atoms with Gasteiger partial charge in [-0.2, -0.15) is 0 Å². The Labute approximate surface area is 76.4 Å². The van der Waals surface area contributed by atoms with Gasteiger partial charge in [-0.25, -0.2) is 0 Å². The molecule has 2 heteroatoms. The maximum atomic E-state index is 2.32. The SMILES string of the molecule is CC[n+]1sc2ccccc2c1C. The average molecular weight is 178 g/mol. The van der Waals surface area contributed by atoms with E-state index < -0.39 is 0 Å². The second-order valence-electron chi connectivity index (χ2n) is 2.87. The third-order valence-corrected chi connectivity index (χ3v) is 3.45. The minimum absolute atomic E-state index is 1.07. The molecule has 0 radical (unpaired) electrons. The molecule has 0 saturated carbocycles. The largest absolute Gasteiger partial charge is 0.201 e. The highest BCUT2D eigenvalue weighted by molar-refractivity contribution is 7.09. The first-order valence-electron chi connectivity index (χ1n) is 4.21. The molecule has 0 atom stereocenters. The molecular weight excluding hydrogens is 166 g/mol. The van der Waals surface area contributed by atoms with Gasteiger partial charge in [-0.05, 0) is 19.1 Å². The lowest BCUT2D eigenvalue weighted by Gasteiger charge is -1.84. The molecule has 2 aromatic rings. The van der Waals surface area contributed by atoms with Crippen molar-refractivity contribution in [3.63, 3.8) is 0 Å². The molecule has 0 N–H and O–H groups in total. The Bertz CT molecular complexity index is 403. The van der Waals surface area contributed by atoms with E-state index in [1.54, 1.807) is 0 Å². The second-order valence-corrected chi connectivity index (χ2v) is 3.93. The molecule has 62 valence electrons. The Kier molecular flexibility index (Phi) is 1.85. The molecule has 0 fully saturated rings. The lowest BCUT2D eigenvalue weighted by atomic mass is 10.2. The maximum absolute atomic E-state index is 2.32. The normalized spacial score (nSPS) is 10.8. The zero-order valence-corrected chi connectivity index (χ0v) is 8.19. The van der Waals surface area contributed by atoms with Crippen LogP contribution >= 0.6 is 11.5 Å². The smallest absolute Gasteiger partial charge is 0.138 e. The summed E-state index contributed by atoms with van der Waals surface area (Å²) in [6, 6.07) is 8.56. The Morgan fingerprint density at radius 3 is 2.75 bits per heavy atom. The third-order valence-electron chi connectivity index (χ3n) is 2.15. The Balaban J connectivity index is 2.78. The number of benzene rings is 1. The van der Waals surface area contributed by atoms with Gasteiger partial charge in [-0.15, -0.1) is 3.96 Å². The molecule has 1 nitrogen and oxygen atoms in total. The lowest BCUT2D eigenvalue weighted by molar-refractivity contribution is -0.630. The van der Waals surface area contributed by atoms with E-state index in [-0.39, 0.29) is 0 Å². The number of aryl methyl sites for hydroxylation is 2. The van der Waals surface area contributed by atoms with E-state index in [4.69, 9.17) is 0 Å². The number of fused-ring (bicyclic) bond motifs is 1. The highest BCUT2D eigenvalue weighted by Crippen LogP contribution is 2.19. The fraction of sp³-hybridized carbons (Fsp3) is 0.300. The van der Waals surface area contributed by atoms with Gasteiger partial charge in [0, 0.05) is 6.92 Å². The molecule has 0 aliphatic heterocycles. The van der Waals surface area contributed by atoms with E-state index in [9.17, 15) is 0 Å². The third kappa shape index (κ3) is 1.03. The molecule has 0 aliphatic rings. The fourth-order valence-corrected chi connectivity index (χ4v) is 2.52. The van der Waals surface area contributed by atoms with Gasteiger partial charge >= 0.3 is 0 Å². The zero-order chi connectivity index (χ0) is 8.55. The van der Waals surface area contributed by atoms with Crippen molar-refractivity contribution >= 4 is 21.6 Å². The Hall–Kier alpha value is -0.890. The zero-order valence-electron chi connectivity index (χ0n) is 7.37. The highest BCUT2D eigenvalue weighted by atomic mass is 32.1. The van der Waals surface area contributed by atoms with Crippen molar-refractivity contribution in [1.29, 1.82) is 0 Å². The molecule has 0 unspecified atom stereocenters. The summed E-state index contributed by atoms with van der Waals surface area (Å²) in [5.41, 5.74) is 1.39. The van der Waals surface area contributed by atoms with Crippen molar-refractivity contribution in [3.05, 3.63) is 30.0 Å². The minimum atomic E-state index is 1.07. The fourth-order valence-electron chi connectivity index (χ4n) is 1.47. The number of hydrogen-bond acceptors (Lipinski definition) is 1. The van der Waals surface area contributed by atoms with Crippen LogP contribution in [0.5, 0.6) is 0 Å². The van der Waals surface area contributed by atoms with Gasteiger partial charge in [-0.1, -0.05) is 12.1 Å². The van der Waals surface area contributed by atoms with Crippen molar-refractivity contribution in [2.45, 2.75) is 20.4 Å². The first kappa shape index (κ1) is 7.74. The Morgan fingerprint density at radius 1 is 1.33 bits per heavy atom. The van der Waals surface area contributed by atoms with E-state index in [2.05, 4.69) is 42.1 Å². The maximum Gasteiger partial charge on any atom is 0.201 e. The van der Waals surface area contributed by atoms with E-state index in [0.717, 1.165) is 6.54 Å². The number of rotatable bonds is 1. The van der Waals surface area contributed by atoms with Crippen molar-refractivity contribution in [2.75, 3.05) is 0 Å². The molecule has 0 spiro atoms. The van der Waals surface area contributed by atoms with Gasteiger partial charge in [0.15, 0.2) is 6.54 Å². The topological polar surface area (TPSA) is 3.88 Å². The van der Waals surface area contributed by atoms with Crippen LogP contribution in [0.1, 0.15) is 12.6 Å². The van der Waals surface area contributed by atoms with Gasteiger partial charge in [0.25, 0.3) is 0 Å². The molecule has 0 aliphatic carbocycles. The summed E-state index contributed by atoms with van der Waals surface area (Å²) >= 11 is 1.84. The highest BCUT2D eigenvalue weighted by Gasteiger charge is 2.12. The summed E-state index contributed by atoms with van der Waals surface area (Å²) in [7, 11) is 0. The second kappa shape index (κ2) is 2.87. The predicted molar refractivity (Wildman–Crippen MR) is 52.4 cm³/mol. The van der Waals surface area contributed by atoms with Gasteiger partial charge < -0.3 is 0 Å². The summed E-state index contributed by atoms with van der Waals surface area (Å²) in [5.74, 6) is 0. The molecule has 0 amide bonds. The lowest BCUT2D eigenvalue weighted by Crippen LogP contribution is -2.29. The van der Waals surface area contributed by atoms with Crippen LogP contribution in [0.25, 0.3) is 10.1 Å². The first-order valence-corrected chi connectivity index (χ1v) is 4.98. The van der Waals surface area contributed by atoms with Crippen LogP contribution in [-0.2, 0) is 6.54 Å². The number of nitrogens with zero attached hydrogens (tertiary/aromatic N) is 1. The summed E-state index contributed by atoms with van der Waals surface area (Å²) in [6.07, 6.45) is 0. The van der Waals surface area contributed by atoms with E-state index in [1.807, 2.05) is 11.5 Å². The molecule has 0 saturated heterocycles. The van der Waals surface area contributed by atoms with Crippen LogP contribution in [0.2, 0.25) is 0 Å². The van der Waals surface area contributed by atoms with Crippen molar-refractivity contribution in [1.82, 2.24) is 0 Å². The van der Waals surface area contributed by atoms with Crippen LogP contribution in [0.3, 0.4) is 0 Å². The molecule has 0 bridgehead atoms. The monoisotopic (exact) mass is 178 g/mol. The summed E-state index contributed by atoms with van der Waals surface area (Å²) in [4.78, 5) is 0. The molecule has 1 heterocycles. The van der Waals surface area contributed by atoms with E-state index >= 15 is 0 Å². The average Bonchev–Trinajstić information content (AvgIpc) is 2.44. The predicted octanol–water partition coefficient (Wildman–Crippen LogP) is 2.52. The van der Waals surface area contributed by atoms with Crippen LogP contribution in [-0.4, -0.2) is 0 Å². The van der Waals surface area contributed by atoms with Crippen LogP contribution in [0.4, 0.5) is 0 Å². The number of hydrogen-bond donors (Lipinski definition) is 0.